The summed E-state index contributed by atoms with van der Waals surface area (Å²) in [4.78, 5) is 17.6. The van der Waals surface area contributed by atoms with Crippen LogP contribution in [-0.2, 0) is 17.6 Å². The first-order valence-corrected chi connectivity index (χ1v) is 9.27. The molecule has 0 saturated heterocycles. The van der Waals surface area contributed by atoms with Crippen LogP contribution < -0.4 is 5.32 Å². The number of nitrogens with one attached hydrogen (secondary N) is 2. The highest BCUT2D eigenvalue weighted by atomic mass is 16.5. The summed E-state index contributed by atoms with van der Waals surface area (Å²) in [6, 6.07) is 18.3. The van der Waals surface area contributed by atoms with Crippen LogP contribution >= 0.6 is 0 Å². The molecule has 2 N–H and O–H groups in total. The molecule has 0 spiro atoms. The van der Waals surface area contributed by atoms with Gasteiger partial charge in [0.05, 0.1) is 12.6 Å². The fourth-order valence-electron chi connectivity index (χ4n) is 3.32. The van der Waals surface area contributed by atoms with Gasteiger partial charge in [0, 0.05) is 37.8 Å². The molecule has 0 radical (unpaired) electrons. The zero-order chi connectivity index (χ0) is 19.1. The number of para-hydroxylation sites is 1. The number of hydrogen-bond donors (Lipinski definition) is 2. The van der Waals surface area contributed by atoms with Crippen LogP contribution in [0.4, 0.5) is 4.79 Å². The molecule has 1 aromatic heterocycles. The molecule has 3 aromatic rings. The van der Waals surface area contributed by atoms with Gasteiger partial charge in [-0.15, -0.1) is 0 Å². The van der Waals surface area contributed by atoms with Gasteiger partial charge in [0.25, 0.3) is 0 Å². The summed E-state index contributed by atoms with van der Waals surface area (Å²) in [5.41, 5.74) is 3.53. The number of likely N-dealkylation sites (N-methyl/N-ethyl adjacent to an activating group) is 1. The molecule has 0 bridgehead atoms. The number of methoxy groups -OCH3 is 1. The minimum atomic E-state index is -0.0761. The number of urea groups is 1. The lowest BCUT2D eigenvalue weighted by atomic mass is 10.1. The summed E-state index contributed by atoms with van der Waals surface area (Å²) in [6.45, 7) is 1.09. The van der Waals surface area contributed by atoms with Gasteiger partial charge in [-0.25, -0.2) is 4.79 Å². The van der Waals surface area contributed by atoms with E-state index in [1.165, 1.54) is 16.5 Å². The maximum absolute atomic E-state index is 12.6. The third-order valence-corrected chi connectivity index (χ3v) is 4.89. The van der Waals surface area contributed by atoms with Gasteiger partial charge in [-0.05, 0) is 30.0 Å². The van der Waals surface area contributed by atoms with Crippen molar-refractivity contribution in [3.8, 4) is 0 Å². The molecule has 0 aliphatic rings. The van der Waals surface area contributed by atoms with Crippen LogP contribution in [0.5, 0.6) is 0 Å². The Morgan fingerprint density at radius 1 is 1.15 bits per heavy atom. The lowest BCUT2D eigenvalue weighted by Gasteiger charge is -2.28. The third kappa shape index (κ3) is 4.89. The first-order valence-electron chi connectivity index (χ1n) is 9.27. The number of aromatic amines is 1. The summed E-state index contributed by atoms with van der Waals surface area (Å²) >= 11 is 0. The van der Waals surface area contributed by atoms with Crippen LogP contribution in [0.3, 0.4) is 0 Å². The van der Waals surface area contributed by atoms with Crippen molar-refractivity contribution in [3.05, 3.63) is 71.9 Å². The van der Waals surface area contributed by atoms with Crippen LogP contribution in [-0.4, -0.2) is 49.3 Å². The first-order chi connectivity index (χ1) is 13.2. The van der Waals surface area contributed by atoms with E-state index in [1.807, 2.05) is 43.6 Å². The number of rotatable bonds is 8. The molecule has 1 heterocycles. The number of fused-ring (bicyclic) bond motifs is 1. The number of ether oxygens (including phenoxy) is 1. The summed E-state index contributed by atoms with van der Waals surface area (Å²) in [7, 11) is 3.49. The number of aromatic nitrogens is 1. The smallest absolute Gasteiger partial charge is 0.317 e. The number of hydrogen-bond acceptors (Lipinski definition) is 2. The molecule has 3 rings (SSSR count). The predicted octanol–water partition coefficient (Wildman–Crippen LogP) is 3.61. The molecule has 2 amide bonds. The van der Waals surface area contributed by atoms with Crippen molar-refractivity contribution in [2.24, 2.45) is 0 Å². The van der Waals surface area contributed by atoms with Gasteiger partial charge in [-0.3, -0.25) is 0 Å². The Hall–Kier alpha value is -2.79. The Labute approximate surface area is 160 Å². The third-order valence-electron chi connectivity index (χ3n) is 4.89. The number of nitrogens with zero attached hydrogens (tertiary/aromatic N) is 1. The molecule has 1 atom stereocenters. The van der Waals surface area contributed by atoms with Crippen molar-refractivity contribution in [1.82, 2.24) is 15.2 Å². The highest BCUT2D eigenvalue weighted by molar-refractivity contribution is 5.83. The fourth-order valence-corrected chi connectivity index (χ4v) is 3.32. The van der Waals surface area contributed by atoms with Crippen LogP contribution in [0.1, 0.15) is 11.1 Å². The second kappa shape index (κ2) is 9.24. The minimum Gasteiger partial charge on any atom is -0.383 e. The maximum Gasteiger partial charge on any atom is 0.317 e. The number of carbonyl (C=O) groups is 1. The van der Waals surface area contributed by atoms with Crippen molar-refractivity contribution in [2.45, 2.75) is 18.9 Å². The van der Waals surface area contributed by atoms with Gasteiger partial charge >= 0.3 is 6.03 Å². The van der Waals surface area contributed by atoms with Crippen molar-refractivity contribution in [1.29, 1.82) is 0 Å². The lowest BCUT2D eigenvalue weighted by molar-refractivity contribution is 0.115. The Kier molecular flexibility index (Phi) is 6.49. The fraction of sp³-hybridized carbons (Fsp3) is 0.318. The first kappa shape index (κ1) is 19.0. The monoisotopic (exact) mass is 365 g/mol. The molecular formula is C22H27N3O2. The number of amides is 2. The molecule has 5 nitrogen and oxygen atoms in total. The van der Waals surface area contributed by atoms with Crippen molar-refractivity contribution in [3.63, 3.8) is 0 Å². The zero-order valence-electron chi connectivity index (χ0n) is 15.9. The van der Waals surface area contributed by atoms with E-state index >= 15 is 0 Å². The van der Waals surface area contributed by atoms with E-state index in [4.69, 9.17) is 4.74 Å². The molecule has 5 heteroatoms. The highest BCUT2D eigenvalue weighted by Crippen LogP contribution is 2.17. The zero-order valence-corrected chi connectivity index (χ0v) is 15.9. The standard InChI is InChI=1S/C22H27N3O2/c1-25(19(16-27-2)14-17-8-4-3-5-9-17)22(26)23-13-12-18-15-24-21-11-7-6-10-20(18)21/h3-11,15,19,24H,12-14,16H2,1-2H3,(H,23,26). The number of carbonyl (C=O) groups excluding carboxylic acids is 1. The second-order valence-corrected chi connectivity index (χ2v) is 6.75. The largest absolute Gasteiger partial charge is 0.383 e. The quantitative estimate of drug-likeness (QED) is 0.641. The van der Waals surface area contributed by atoms with Crippen LogP contribution in [0, 0.1) is 0 Å². The van der Waals surface area contributed by atoms with Crippen LogP contribution in [0.15, 0.2) is 60.8 Å². The number of H-pyrrole nitrogens is 1. The van der Waals surface area contributed by atoms with Gasteiger partial charge in [-0.1, -0.05) is 48.5 Å². The van der Waals surface area contributed by atoms with E-state index in [0.717, 1.165) is 18.4 Å². The summed E-state index contributed by atoms with van der Waals surface area (Å²) in [6.07, 6.45) is 3.57. The van der Waals surface area contributed by atoms with E-state index in [0.29, 0.717) is 13.2 Å². The summed E-state index contributed by atoms with van der Waals surface area (Å²) in [5.74, 6) is 0. The van der Waals surface area contributed by atoms with Gasteiger partial charge in [0.15, 0.2) is 0 Å². The highest BCUT2D eigenvalue weighted by Gasteiger charge is 2.20. The summed E-state index contributed by atoms with van der Waals surface area (Å²) in [5, 5.41) is 4.24. The van der Waals surface area contributed by atoms with Crippen LogP contribution in [0.25, 0.3) is 10.9 Å². The minimum absolute atomic E-state index is 0.00881. The Balaban J connectivity index is 1.55. The van der Waals surface area contributed by atoms with Gasteiger partial charge in [0.1, 0.15) is 0 Å². The molecule has 27 heavy (non-hydrogen) atoms. The second-order valence-electron chi connectivity index (χ2n) is 6.75. The van der Waals surface area contributed by atoms with Gasteiger partial charge < -0.3 is 19.9 Å². The molecule has 142 valence electrons. The molecule has 1 unspecified atom stereocenters. The predicted molar refractivity (Wildman–Crippen MR) is 109 cm³/mol. The number of benzene rings is 2. The van der Waals surface area contributed by atoms with Gasteiger partial charge in [0.2, 0.25) is 0 Å². The SMILES string of the molecule is COCC(Cc1ccccc1)N(C)C(=O)NCCc1c[nH]c2ccccc12. The summed E-state index contributed by atoms with van der Waals surface area (Å²) < 4.78 is 5.33. The lowest BCUT2D eigenvalue weighted by Crippen LogP contribution is -2.47. The average molecular weight is 365 g/mol. The van der Waals surface area contributed by atoms with E-state index in [2.05, 4.69) is 34.6 Å². The normalized spacial score (nSPS) is 12.1. The molecule has 0 fully saturated rings. The Morgan fingerprint density at radius 3 is 2.67 bits per heavy atom. The molecule has 0 aliphatic heterocycles. The average Bonchev–Trinajstić information content (AvgIpc) is 3.11. The molecule has 0 aliphatic carbocycles. The van der Waals surface area contributed by atoms with Crippen LogP contribution in [0.2, 0.25) is 0 Å². The van der Waals surface area contributed by atoms with E-state index in [9.17, 15) is 4.79 Å². The van der Waals surface area contributed by atoms with E-state index in [-0.39, 0.29) is 12.1 Å². The van der Waals surface area contributed by atoms with E-state index in [1.54, 1.807) is 12.0 Å². The topological polar surface area (TPSA) is 57.4 Å². The maximum atomic E-state index is 12.6. The van der Waals surface area contributed by atoms with Crippen molar-refractivity contribution < 1.29 is 9.53 Å². The molecule has 2 aromatic carbocycles. The Bertz CT molecular complexity index is 860. The molecular weight excluding hydrogens is 338 g/mol. The molecule has 0 saturated carbocycles. The van der Waals surface area contributed by atoms with Crippen molar-refractivity contribution >= 4 is 16.9 Å². The Morgan fingerprint density at radius 2 is 1.89 bits per heavy atom. The van der Waals surface area contributed by atoms with Crippen molar-refractivity contribution in [2.75, 3.05) is 27.3 Å². The van der Waals surface area contributed by atoms with E-state index < -0.39 is 0 Å². The van der Waals surface area contributed by atoms with Gasteiger partial charge in [-0.2, -0.15) is 0 Å².